The lowest BCUT2D eigenvalue weighted by molar-refractivity contribution is -0.159. The van der Waals surface area contributed by atoms with Crippen molar-refractivity contribution in [2.45, 2.75) is 25.4 Å². The maximum absolute atomic E-state index is 9.10. The Hall–Kier alpha value is -3.30. The fourth-order valence-corrected chi connectivity index (χ4v) is 4.65. The molecular weight excluding hydrogens is 450 g/mol. The molecule has 0 spiro atoms. The van der Waals surface area contributed by atoms with E-state index in [4.69, 9.17) is 29.3 Å². The smallest absolute Gasteiger partial charge is 0.414 e. The van der Waals surface area contributed by atoms with E-state index in [1.807, 2.05) is 12.1 Å². The molecule has 2 aliphatic rings. The molecule has 2 aromatic rings. The minimum absolute atomic E-state index is 0.724. The summed E-state index contributed by atoms with van der Waals surface area (Å²) in [5.74, 6) is -1.88. The zero-order valence-electron chi connectivity index (χ0n) is 20.4. The largest absolute Gasteiger partial charge is 0.497 e. The van der Waals surface area contributed by atoms with Gasteiger partial charge in [-0.2, -0.15) is 0 Å². The van der Waals surface area contributed by atoms with Crippen LogP contribution in [0.5, 0.6) is 11.5 Å². The molecule has 0 atom stereocenters. The number of likely N-dealkylation sites (tertiary alicyclic amines) is 1. The van der Waals surface area contributed by atoms with E-state index >= 15 is 0 Å². The number of nitrogens with zero attached hydrogens (tertiary/aromatic N) is 3. The summed E-state index contributed by atoms with van der Waals surface area (Å²) in [6, 6.07) is 17.7. The number of para-hydroxylation sites is 1. The average Bonchev–Trinajstić information content (AvgIpc) is 2.90. The molecule has 0 aliphatic carbocycles. The Kier molecular flexibility index (Phi) is 9.75. The van der Waals surface area contributed by atoms with Gasteiger partial charge in [-0.15, -0.1) is 0 Å². The summed E-state index contributed by atoms with van der Waals surface area (Å²) >= 11 is 0. The molecule has 9 nitrogen and oxygen atoms in total. The van der Waals surface area contributed by atoms with E-state index in [1.54, 1.807) is 14.2 Å². The lowest BCUT2D eigenvalue weighted by Crippen LogP contribution is -2.53. The second-order valence-corrected chi connectivity index (χ2v) is 8.65. The fourth-order valence-electron chi connectivity index (χ4n) is 4.65. The van der Waals surface area contributed by atoms with Crippen LogP contribution in [0.1, 0.15) is 18.4 Å². The molecule has 2 fully saturated rings. The van der Waals surface area contributed by atoms with Gasteiger partial charge in [0, 0.05) is 56.1 Å². The van der Waals surface area contributed by atoms with Crippen LogP contribution in [0.3, 0.4) is 0 Å². The van der Waals surface area contributed by atoms with Gasteiger partial charge >= 0.3 is 11.9 Å². The standard InChI is InChI=1S/C24H33N3O2.C2H2O4/c1-28-23-9-8-20(24(18-23)29-2)19-25-12-10-22(11-13-25)27-16-14-26(15-17-27)21-6-4-3-5-7-21;3-1(4)2(5)6/h3-9,18,22H,10-17,19H2,1-2H3;(H,3,4)(H,5,6). The van der Waals surface area contributed by atoms with Gasteiger partial charge in [-0.25, -0.2) is 9.59 Å². The van der Waals surface area contributed by atoms with Gasteiger partial charge in [-0.1, -0.05) is 24.3 Å². The van der Waals surface area contributed by atoms with Crippen LogP contribution in [-0.2, 0) is 16.1 Å². The highest BCUT2D eigenvalue weighted by Gasteiger charge is 2.27. The van der Waals surface area contributed by atoms with Crippen LogP contribution in [0.4, 0.5) is 5.69 Å². The molecule has 2 N–H and O–H groups in total. The van der Waals surface area contributed by atoms with E-state index < -0.39 is 11.9 Å². The maximum Gasteiger partial charge on any atom is 0.414 e. The van der Waals surface area contributed by atoms with Gasteiger partial charge in [-0.3, -0.25) is 9.80 Å². The van der Waals surface area contributed by atoms with E-state index in [-0.39, 0.29) is 0 Å². The molecule has 2 saturated heterocycles. The van der Waals surface area contributed by atoms with Gasteiger partial charge in [-0.05, 0) is 44.1 Å². The number of methoxy groups -OCH3 is 2. The summed E-state index contributed by atoms with van der Waals surface area (Å²) < 4.78 is 10.9. The summed E-state index contributed by atoms with van der Waals surface area (Å²) in [6.45, 7) is 7.86. The van der Waals surface area contributed by atoms with Crippen molar-refractivity contribution in [2.75, 3.05) is 58.4 Å². The maximum atomic E-state index is 9.10. The number of piperazine rings is 1. The summed E-state index contributed by atoms with van der Waals surface area (Å²) in [5, 5.41) is 14.8. The predicted molar refractivity (Wildman–Crippen MR) is 133 cm³/mol. The fraction of sp³-hybridized carbons (Fsp3) is 0.462. The Bertz CT molecular complexity index is 943. The first-order valence-electron chi connectivity index (χ1n) is 11.8. The number of hydrogen-bond donors (Lipinski definition) is 2. The van der Waals surface area contributed by atoms with Crippen molar-refractivity contribution in [3.8, 4) is 11.5 Å². The van der Waals surface area contributed by atoms with Crippen molar-refractivity contribution >= 4 is 17.6 Å². The number of anilines is 1. The van der Waals surface area contributed by atoms with Gasteiger partial charge in [0.05, 0.1) is 14.2 Å². The van der Waals surface area contributed by atoms with Crippen molar-refractivity contribution in [2.24, 2.45) is 0 Å². The molecule has 0 saturated carbocycles. The molecule has 2 aromatic carbocycles. The predicted octanol–water partition coefficient (Wildman–Crippen LogP) is 2.65. The van der Waals surface area contributed by atoms with E-state index in [1.165, 1.54) is 37.2 Å². The van der Waals surface area contributed by atoms with Gasteiger partial charge in [0.2, 0.25) is 0 Å². The first-order valence-corrected chi connectivity index (χ1v) is 11.8. The zero-order valence-corrected chi connectivity index (χ0v) is 20.4. The number of benzene rings is 2. The van der Waals surface area contributed by atoms with Crippen molar-refractivity contribution in [3.63, 3.8) is 0 Å². The SMILES string of the molecule is COc1ccc(CN2CCC(N3CCN(c4ccccc4)CC3)CC2)c(OC)c1.O=C(O)C(=O)O. The first-order chi connectivity index (χ1) is 16.9. The van der Waals surface area contributed by atoms with Crippen molar-refractivity contribution in [3.05, 3.63) is 54.1 Å². The van der Waals surface area contributed by atoms with E-state index in [9.17, 15) is 0 Å². The molecule has 4 rings (SSSR count). The van der Waals surface area contributed by atoms with Crippen LogP contribution in [-0.4, -0.2) is 91.5 Å². The minimum atomic E-state index is -1.82. The first kappa shape index (κ1) is 26.3. The molecule has 0 amide bonds. The normalized spacial score (nSPS) is 17.3. The number of hydrogen-bond acceptors (Lipinski definition) is 7. The Morgan fingerprint density at radius 3 is 2.03 bits per heavy atom. The molecule has 190 valence electrons. The van der Waals surface area contributed by atoms with Crippen LogP contribution in [0.25, 0.3) is 0 Å². The van der Waals surface area contributed by atoms with Crippen LogP contribution in [0.15, 0.2) is 48.5 Å². The second kappa shape index (κ2) is 13.0. The highest BCUT2D eigenvalue weighted by molar-refractivity contribution is 6.27. The number of piperidine rings is 1. The lowest BCUT2D eigenvalue weighted by atomic mass is 10.0. The van der Waals surface area contributed by atoms with Crippen LogP contribution < -0.4 is 14.4 Å². The molecule has 0 radical (unpaired) electrons. The van der Waals surface area contributed by atoms with Crippen LogP contribution in [0, 0.1) is 0 Å². The third-order valence-electron chi connectivity index (χ3n) is 6.58. The second-order valence-electron chi connectivity index (χ2n) is 8.65. The zero-order chi connectivity index (χ0) is 25.2. The summed E-state index contributed by atoms with van der Waals surface area (Å²) in [6.07, 6.45) is 2.51. The molecule has 0 unspecified atom stereocenters. The van der Waals surface area contributed by atoms with Gasteiger partial charge in [0.15, 0.2) is 0 Å². The lowest BCUT2D eigenvalue weighted by Gasteiger charge is -2.43. The number of carboxylic acids is 2. The molecule has 2 heterocycles. The topological polar surface area (TPSA) is 103 Å². The quantitative estimate of drug-likeness (QED) is 0.598. The van der Waals surface area contributed by atoms with Crippen molar-refractivity contribution < 1.29 is 29.3 Å². The van der Waals surface area contributed by atoms with E-state index in [0.29, 0.717) is 0 Å². The van der Waals surface area contributed by atoms with E-state index in [0.717, 1.165) is 50.3 Å². The third kappa shape index (κ3) is 7.60. The van der Waals surface area contributed by atoms with Gasteiger partial charge in [0.1, 0.15) is 11.5 Å². The monoisotopic (exact) mass is 485 g/mol. The van der Waals surface area contributed by atoms with Crippen LogP contribution >= 0.6 is 0 Å². The average molecular weight is 486 g/mol. The number of aliphatic carboxylic acids is 2. The number of ether oxygens (including phenoxy) is 2. The summed E-state index contributed by atoms with van der Waals surface area (Å²) in [7, 11) is 3.43. The Balaban J connectivity index is 0.000000509. The molecule has 2 aliphatic heterocycles. The summed E-state index contributed by atoms with van der Waals surface area (Å²) in [4.78, 5) is 26.0. The molecule has 35 heavy (non-hydrogen) atoms. The summed E-state index contributed by atoms with van der Waals surface area (Å²) in [5.41, 5.74) is 2.60. The van der Waals surface area contributed by atoms with Crippen LogP contribution in [0.2, 0.25) is 0 Å². The molecule has 0 bridgehead atoms. The van der Waals surface area contributed by atoms with Crippen molar-refractivity contribution in [1.29, 1.82) is 0 Å². The van der Waals surface area contributed by atoms with E-state index in [2.05, 4.69) is 51.1 Å². The van der Waals surface area contributed by atoms with Gasteiger partial charge in [0.25, 0.3) is 0 Å². The Labute approximate surface area is 206 Å². The molecule has 0 aromatic heterocycles. The minimum Gasteiger partial charge on any atom is -0.497 e. The Morgan fingerprint density at radius 1 is 0.857 bits per heavy atom. The highest BCUT2D eigenvalue weighted by atomic mass is 16.5. The molecule has 9 heteroatoms. The Morgan fingerprint density at radius 2 is 1.49 bits per heavy atom. The van der Waals surface area contributed by atoms with Crippen molar-refractivity contribution in [1.82, 2.24) is 9.80 Å². The third-order valence-corrected chi connectivity index (χ3v) is 6.58. The number of carbonyl (C=O) groups is 2. The van der Waals surface area contributed by atoms with Gasteiger partial charge < -0.3 is 24.6 Å². The number of rotatable bonds is 6. The highest BCUT2D eigenvalue weighted by Crippen LogP contribution is 2.27. The molecular formula is C26H35N3O6. The number of carboxylic acid groups (broad SMARTS) is 2.